The molecule has 2 atom stereocenters. The van der Waals surface area contributed by atoms with Gasteiger partial charge in [-0.2, -0.15) is 0 Å². The standard InChI is InChI=1S/C11H15ClN2OS/c12-11-4-3-9(6-14-11)8-16(15)10-2-1-5-13-7-10/h3-4,6,10,13H,1-2,5,7-8H2/t10-,16-/m1/s1. The lowest BCUT2D eigenvalue weighted by Crippen LogP contribution is -2.36. The lowest BCUT2D eigenvalue weighted by molar-refractivity contribution is 0.519. The lowest BCUT2D eigenvalue weighted by Gasteiger charge is -2.21. The molecule has 16 heavy (non-hydrogen) atoms. The van der Waals surface area contributed by atoms with Gasteiger partial charge in [-0.15, -0.1) is 0 Å². The Labute approximate surface area is 103 Å². The van der Waals surface area contributed by atoms with Crippen molar-refractivity contribution in [3.63, 3.8) is 0 Å². The number of rotatable bonds is 3. The van der Waals surface area contributed by atoms with Gasteiger partial charge in [-0.05, 0) is 31.0 Å². The maximum absolute atomic E-state index is 12.1. The van der Waals surface area contributed by atoms with Crippen LogP contribution in [0.25, 0.3) is 0 Å². The van der Waals surface area contributed by atoms with E-state index in [9.17, 15) is 4.21 Å². The second-order valence-corrected chi connectivity index (χ2v) is 6.09. The molecule has 0 spiro atoms. The van der Waals surface area contributed by atoms with Crippen LogP contribution in [0, 0.1) is 0 Å². The molecule has 2 rings (SSSR count). The van der Waals surface area contributed by atoms with Crippen molar-refractivity contribution in [1.29, 1.82) is 0 Å². The fourth-order valence-electron chi connectivity index (χ4n) is 1.82. The molecule has 5 heteroatoms. The van der Waals surface area contributed by atoms with E-state index in [2.05, 4.69) is 10.3 Å². The largest absolute Gasteiger partial charge is 0.316 e. The van der Waals surface area contributed by atoms with Crippen molar-refractivity contribution in [1.82, 2.24) is 10.3 Å². The summed E-state index contributed by atoms with van der Waals surface area (Å²) in [5, 5.41) is 4.04. The Morgan fingerprint density at radius 2 is 2.44 bits per heavy atom. The third-order valence-corrected chi connectivity index (χ3v) is 4.71. The van der Waals surface area contributed by atoms with Crippen molar-refractivity contribution in [3.05, 3.63) is 29.0 Å². The van der Waals surface area contributed by atoms with Gasteiger partial charge in [-0.25, -0.2) is 4.98 Å². The molecule has 1 aliphatic heterocycles. The molecule has 1 aliphatic rings. The SMILES string of the molecule is O=[S@](Cc1ccc(Cl)nc1)[C@@H]1CCCNC1. The maximum atomic E-state index is 12.1. The van der Waals surface area contributed by atoms with Crippen LogP contribution in [-0.2, 0) is 16.6 Å². The fourth-order valence-corrected chi connectivity index (χ4v) is 3.40. The highest BCUT2D eigenvalue weighted by Gasteiger charge is 2.19. The van der Waals surface area contributed by atoms with Crippen LogP contribution in [-0.4, -0.2) is 27.5 Å². The number of pyridine rings is 1. The molecule has 1 fully saturated rings. The van der Waals surface area contributed by atoms with E-state index in [1.165, 1.54) is 0 Å². The van der Waals surface area contributed by atoms with Gasteiger partial charge in [0.2, 0.25) is 0 Å². The molecule has 3 nitrogen and oxygen atoms in total. The van der Waals surface area contributed by atoms with Crippen molar-refractivity contribution in [3.8, 4) is 0 Å². The Balaban J connectivity index is 1.93. The number of piperidine rings is 1. The molecule has 0 aliphatic carbocycles. The first kappa shape index (κ1) is 12.0. The van der Waals surface area contributed by atoms with Crippen LogP contribution in [0.3, 0.4) is 0 Å². The summed E-state index contributed by atoms with van der Waals surface area (Å²) in [5.74, 6) is 0.580. The van der Waals surface area contributed by atoms with E-state index >= 15 is 0 Å². The molecule has 1 aromatic rings. The van der Waals surface area contributed by atoms with E-state index in [0.29, 0.717) is 10.9 Å². The van der Waals surface area contributed by atoms with E-state index in [0.717, 1.165) is 31.5 Å². The van der Waals surface area contributed by atoms with Crippen LogP contribution >= 0.6 is 11.6 Å². The molecule has 0 aromatic carbocycles. The van der Waals surface area contributed by atoms with Crippen molar-refractivity contribution in [2.75, 3.05) is 13.1 Å². The van der Waals surface area contributed by atoms with E-state index in [1.807, 2.05) is 6.07 Å². The Bertz CT molecular complexity index is 363. The third kappa shape index (κ3) is 3.27. The zero-order valence-electron chi connectivity index (χ0n) is 8.99. The van der Waals surface area contributed by atoms with E-state index in [4.69, 9.17) is 11.6 Å². The van der Waals surface area contributed by atoms with E-state index < -0.39 is 10.8 Å². The van der Waals surface area contributed by atoms with Crippen LogP contribution < -0.4 is 5.32 Å². The number of halogens is 1. The zero-order chi connectivity index (χ0) is 11.4. The monoisotopic (exact) mass is 258 g/mol. The molecule has 1 saturated heterocycles. The smallest absolute Gasteiger partial charge is 0.129 e. The number of hydrogen-bond donors (Lipinski definition) is 1. The first-order valence-corrected chi connectivity index (χ1v) is 7.20. The topological polar surface area (TPSA) is 42.0 Å². The van der Waals surface area contributed by atoms with Gasteiger partial charge < -0.3 is 5.32 Å². The summed E-state index contributed by atoms with van der Waals surface area (Å²) in [5.41, 5.74) is 0.994. The van der Waals surface area contributed by atoms with Crippen molar-refractivity contribution < 1.29 is 4.21 Å². The summed E-state index contributed by atoms with van der Waals surface area (Å²) < 4.78 is 12.1. The van der Waals surface area contributed by atoms with Gasteiger partial charge in [0, 0.05) is 28.8 Å². The quantitative estimate of drug-likeness (QED) is 0.840. The predicted molar refractivity (Wildman–Crippen MR) is 67.0 cm³/mol. The van der Waals surface area contributed by atoms with Gasteiger partial charge >= 0.3 is 0 Å². The summed E-state index contributed by atoms with van der Waals surface area (Å²) in [6.45, 7) is 1.92. The first-order valence-electron chi connectivity index (χ1n) is 5.44. The minimum absolute atomic E-state index is 0.282. The Kier molecular flexibility index (Phi) is 4.32. The number of nitrogens with one attached hydrogen (secondary N) is 1. The van der Waals surface area contributed by atoms with Crippen LogP contribution in [0.5, 0.6) is 0 Å². The first-order chi connectivity index (χ1) is 7.75. The lowest BCUT2D eigenvalue weighted by atomic mass is 10.2. The van der Waals surface area contributed by atoms with E-state index in [1.54, 1.807) is 12.3 Å². The van der Waals surface area contributed by atoms with E-state index in [-0.39, 0.29) is 5.25 Å². The third-order valence-electron chi connectivity index (χ3n) is 2.72. The highest BCUT2D eigenvalue weighted by atomic mass is 35.5. The fraction of sp³-hybridized carbons (Fsp3) is 0.545. The number of hydrogen-bond acceptors (Lipinski definition) is 3. The predicted octanol–water partition coefficient (Wildman–Crippen LogP) is 1.74. The molecule has 0 amide bonds. The van der Waals surface area contributed by atoms with Gasteiger partial charge in [0.05, 0.1) is 5.75 Å². The van der Waals surface area contributed by atoms with Crippen LogP contribution in [0.15, 0.2) is 18.3 Å². The molecule has 0 radical (unpaired) electrons. The van der Waals surface area contributed by atoms with Crippen molar-refractivity contribution in [2.24, 2.45) is 0 Å². The van der Waals surface area contributed by atoms with Gasteiger partial charge in [-0.3, -0.25) is 4.21 Å². The molecule has 2 heterocycles. The normalized spacial score (nSPS) is 22.9. The molecule has 0 saturated carbocycles. The number of aromatic nitrogens is 1. The molecule has 1 N–H and O–H groups in total. The second kappa shape index (κ2) is 5.75. The van der Waals surface area contributed by atoms with Gasteiger partial charge in [0.1, 0.15) is 5.15 Å². The summed E-state index contributed by atoms with van der Waals surface area (Å²) in [6, 6.07) is 3.64. The minimum atomic E-state index is -0.810. The average molecular weight is 259 g/mol. The van der Waals surface area contributed by atoms with Crippen molar-refractivity contribution >= 4 is 22.4 Å². The summed E-state index contributed by atoms with van der Waals surface area (Å²) in [4.78, 5) is 3.99. The molecule has 0 unspecified atom stereocenters. The minimum Gasteiger partial charge on any atom is -0.316 e. The Morgan fingerprint density at radius 3 is 3.06 bits per heavy atom. The van der Waals surface area contributed by atoms with Crippen LogP contribution in [0.1, 0.15) is 18.4 Å². The van der Waals surface area contributed by atoms with Gasteiger partial charge in [-0.1, -0.05) is 17.7 Å². The average Bonchev–Trinajstić information content (AvgIpc) is 2.33. The van der Waals surface area contributed by atoms with Gasteiger partial charge in [0.25, 0.3) is 0 Å². The second-order valence-electron chi connectivity index (χ2n) is 3.98. The maximum Gasteiger partial charge on any atom is 0.129 e. The molecule has 0 bridgehead atoms. The molecular weight excluding hydrogens is 244 g/mol. The number of nitrogens with zero attached hydrogens (tertiary/aromatic N) is 1. The zero-order valence-corrected chi connectivity index (χ0v) is 10.6. The Morgan fingerprint density at radius 1 is 1.56 bits per heavy atom. The molecular formula is C11H15ClN2OS. The summed E-state index contributed by atoms with van der Waals surface area (Å²) in [6.07, 6.45) is 3.88. The van der Waals surface area contributed by atoms with Crippen molar-refractivity contribution in [2.45, 2.75) is 23.8 Å². The highest BCUT2D eigenvalue weighted by Crippen LogP contribution is 2.14. The van der Waals surface area contributed by atoms with Crippen LogP contribution in [0.2, 0.25) is 5.15 Å². The summed E-state index contributed by atoms with van der Waals surface area (Å²) >= 11 is 5.70. The summed E-state index contributed by atoms with van der Waals surface area (Å²) in [7, 11) is -0.810. The molecule has 1 aromatic heterocycles. The molecule has 88 valence electrons. The van der Waals surface area contributed by atoms with Gasteiger partial charge in [0.15, 0.2) is 0 Å². The Hall–Kier alpha value is -0.450. The van der Waals surface area contributed by atoms with Crippen LogP contribution in [0.4, 0.5) is 0 Å². The highest BCUT2D eigenvalue weighted by molar-refractivity contribution is 7.84.